The molecule has 89 heavy (non-hydrogen) atoms. The second kappa shape index (κ2) is 20.9. The molecule has 0 N–H and O–H groups in total. The first-order chi connectivity index (χ1) is 42.8. The normalized spacial score (nSPS) is 13.3. The molecule has 11 heteroatoms. The zero-order valence-electron chi connectivity index (χ0n) is 50.9. The van der Waals surface area contributed by atoms with E-state index in [1.165, 1.54) is 28.0 Å². The third-order valence-corrected chi connectivity index (χ3v) is 23.0. The number of hydrogen-bond donors (Lipinski definition) is 0. The Morgan fingerprint density at radius 1 is 0.506 bits per heavy atom. The smallest absolute Gasteiger partial charge is 0.416 e. The van der Waals surface area contributed by atoms with Crippen LogP contribution in [0.4, 0.5) is 64.4 Å². The van der Waals surface area contributed by atoms with E-state index in [0.29, 0.717) is 5.19 Å². The maximum atomic E-state index is 14.9. The maximum absolute atomic E-state index is 14.9. The van der Waals surface area contributed by atoms with Crippen LogP contribution in [-0.4, -0.2) is 19.8 Å². The summed E-state index contributed by atoms with van der Waals surface area (Å²) in [5.74, 6) is 0. The monoisotopic (exact) mass is 1200 g/mol. The standard InChI is InChI=1S/C78H64BF3N4OSSi/c1-76(2,3)51-32-36-54(37-33-51)84(65-28-14-12-24-59(65)49-20-10-9-11-21-49)56-40-41-63-67(46-56)86(66-29-19-26-61-60-25-13-15-30-70(60)87-74(61)66)69-48-58(89(7,8)57-23-18-22-53(45-57)78(80,81)82)47-68-72(69)79(63)75-73(85(68)55-38-34-52(35-39-55)77(4,5)6)62-44-50(31-42-71(62)88-75)64-27-16-17-43-83-64/h9-48H,1-8H3. The first-order valence-electron chi connectivity index (χ1n) is 30.4. The second-order valence-corrected chi connectivity index (χ2v) is 31.8. The molecule has 436 valence electrons. The zero-order valence-corrected chi connectivity index (χ0v) is 52.7. The lowest BCUT2D eigenvalue weighted by Gasteiger charge is -2.44. The van der Waals surface area contributed by atoms with Gasteiger partial charge < -0.3 is 19.1 Å². The number of hydrogen-bond acceptors (Lipinski definition) is 6. The number of anilines is 9. The van der Waals surface area contributed by atoms with Crippen molar-refractivity contribution in [1.82, 2.24) is 4.98 Å². The number of fused-ring (bicyclic) bond motifs is 9. The molecule has 3 aromatic heterocycles. The number of alkyl halides is 3. The fourth-order valence-corrected chi connectivity index (χ4v) is 17.2. The van der Waals surface area contributed by atoms with Crippen LogP contribution in [0.2, 0.25) is 13.1 Å². The zero-order chi connectivity index (χ0) is 61.3. The predicted molar refractivity (Wildman–Crippen MR) is 372 cm³/mol. The van der Waals surface area contributed by atoms with Crippen molar-refractivity contribution in [2.75, 3.05) is 14.7 Å². The van der Waals surface area contributed by atoms with Crippen molar-refractivity contribution in [1.29, 1.82) is 0 Å². The van der Waals surface area contributed by atoms with Crippen LogP contribution in [-0.2, 0) is 17.0 Å². The van der Waals surface area contributed by atoms with E-state index in [0.717, 1.165) is 122 Å². The van der Waals surface area contributed by atoms with E-state index in [-0.39, 0.29) is 17.5 Å². The van der Waals surface area contributed by atoms with Crippen LogP contribution >= 0.6 is 11.3 Å². The molecule has 0 fully saturated rings. The van der Waals surface area contributed by atoms with Crippen LogP contribution in [0.25, 0.3) is 54.4 Å². The highest BCUT2D eigenvalue weighted by Crippen LogP contribution is 2.52. The largest absolute Gasteiger partial charge is 0.454 e. The quantitative estimate of drug-likeness (QED) is 0.135. The summed E-state index contributed by atoms with van der Waals surface area (Å²) in [6, 6.07) is 82.3. The minimum absolute atomic E-state index is 0.0736. The molecular formula is C78H64BF3N4OSSi. The number of nitrogens with zero attached hydrogens (tertiary/aromatic N) is 4. The molecule has 0 radical (unpaired) electrons. The van der Waals surface area contributed by atoms with Crippen molar-refractivity contribution in [2.45, 2.75) is 71.6 Å². The summed E-state index contributed by atoms with van der Waals surface area (Å²) >= 11 is 1.82. The number of halogens is 3. The average Bonchev–Trinajstić information content (AvgIpc) is 1.68. The fourth-order valence-electron chi connectivity index (χ4n) is 13.5. The second-order valence-electron chi connectivity index (χ2n) is 26.3. The van der Waals surface area contributed by atoms with Gasteiger partial charge >= 0.3 is 6.18 Å². The van der Waals surface area contributed by atoms with E-state index in [9.17, 15) is 13.2 Å². The lowest BCUT2D eigenvalue weighted by atomic mass is 9.36. The average molecular weight is 1200 g/mol. The van der Waals surface area contributed by atoms with Crippen LogP contribution in [0.15, 0.2) is 247 Å². The van der Waals surface area contributed by atoms with Crippen molar-refractivity contribution in [3.63, 3.8) is 0 Å². The Hall–Kier alpha value is -9.42. The molecule has 13 aromatic rings. The molecule has 0 aliphatic carbocycles. The van der Waals surface area contributed by atoms with Crippen molar-refractivity contribution in [2.24, 2.45) is 0 Å². The summed E-state index contributed by atoms with van der Waals surface area (Å²) < 4.78 is 54.2. The van der Waals surface area contributed by atoms with Gasteiger partial charge in [-0.05, 0) is 129 Å². The van der Waals surface area contributed by atoms with Gasteiger partial charge in [-0.3, -0.25) is 4.98 Å². The topological polar surface area (TPSA) is 35.8 Å². The Balaban J connectivity index is 1.08. The number of para-hydroxylation sites is 3. The number of rotatable bonds is 9. The van der Waals surface area contributed by atoms with E-state index in [1.807, 2.05) is 47.9 Å². The van der Waals surface area contributed by atoms with Crippen molar-refractivity contribution >= 4 is 135 Å². The molecule has 5 heterocycles. The molecule has 2 aliphatic rings. The van der Waals surface area contributed by atoms with Gasteiger partial charge in [0.25, 0.3) is 6.71 Å². The third-order valence-electron chi connectivity index (χ3n) is 18.3. The van der Waals surface area contributed by atoms with Crippen LogP contribution in [0, 0.1) is 0 Å². The SMILES string of the molecule is CC(C)(C)c1ccc(N(c2ccc3c(c2)N(c2cccc4c2oc2ccccc24)c2cc([Si](C)(C)c4cccc(C(F)(F)F)c4)cc4c2B3c2sc3ccc(-c5ccccn5)cc3c2N4c2ccc(C(C)(C)C)cc2)c2ccccc2-c2ccccc2)cc1. The molecule has 15 rings (SSSR count). The maximum Gasteiger partial charge on any atom is 0.416 e. The van der Waals surface area contributed by atoms with Crippen LogP contribution in [0.1, 0.15) is 58.2 Å². The van der Waals surface area contributed by atoms with Crippen molar-refractivity contribution in [3.8, 4) is 22.4 Å². The first kappa shape index (κ1) is 56.1. The van der Waals surface area contributed by atoms with Gasteiger partial charge in [0.05, 0.1) is 28.3 Å². The highest BCUT2D eigenvalue weighted by Gasteiger charge is 2.47. The van der Waals surface area contributed by atoms with Crippen LogP contribution in [0.3, 0.4) is 0 Å². The van der Waals surface area contributed by atoms with Crippen molar-refractivity contribution in [3.05, 3.63) is 259 Å². The number of pyridine rings is 1. The van der Waals surface area contributed by atoms with Gasteiger partial charge in [0.2, 0.25) is 0 Å². The molecule has 10 aromatic carbocycles. The fraction of sp³-hybridized carbons (Fsp3) is 0.141. The number of aromatic nitrogens is 1. The van der Waals surface area contributed by atoms with Gasteiger partial charge in [0.15, 0.2) is 5.58 Å². The summed E-state index contributed by atoms with van der Waals surface area (Å²) in [5, 5.41) is 4.75. The van der Waals surface area contributed by atoms with Crippen LogP contribution in [0.5, 0.6) is 0 Å². The van der Waals surface area contributed by atoms with Gasteiger partial charge in [-0.1, -0.05) is 211 Å². The summed E-state index contributed by atoms with van der Waals surface area (Å²) in [6.07, 6.45) is -2.68. The van der Waals surface area contributed by atoms with Gasteiger partial charge in [0.1, 0.15) is 13.7 Å². The highest BCUT2D eigenvalue weighted by atomic mass is 32.1. The Bertz CT molecular complexity index is 4910. The Morgan fingerprint density at radius 3 is 1.90 bits per heavy atom. The summed E-state index contributed by atoms with van der Waals surface area (Å²) in [4.78, 5) is 12.1. The Morgan fingerprint density at radius 2 is 1.17 bits per heavy atom. The molecule has 0 amide bonds. The molecule has 5 nitrogen and oxygen atoms in total. The lowest BCUT2D eigenvalue weighted by Crippen LogP contribution is -2.62. The molecule has 2 aliphatic heterocycles. The summed E-state index contributed by atoms with van der Waals surface area (Å²) in [6.45, 7) is 17.5. The molecule has 0 atom stereocenters. The van der Waals surface area contributed by atoms with Crippen LogP contribution < -0.4 is 40.8 Å². The molecule has 0 spiro atoms. The Labute approximate surface area is 523 Å². The van der Waals surface area contributed by atoms with E-state index >= 15 is 0 Å². The van der Waals surface area contributed by atoms with Crippen molar-refractivity contribution < 1.29 is 17.6 Å². The van der Waals surface area contributed by atoms with E-state index < -0.39 is 19.8 Å². The van der Waals surface area contributed by atoms with Gasteiger partial charge in [-0.2, -0.15) is 13.2 Å². The minimum atomic E-state index is -4.52. The van der Waals surface area contributed by atoms with E-state index in [2.05, 4.69) is 257 Å². The predicted octanol–water partition coefficient (Wildman–Crippen LogP) is 19.5. The molecule has 0 bridgehead atoms. The molecule has 0 saturated carbocycles. The Kier molecular flexibility index (Phi) is 13.2. The minimum Gasteiger partial charge on any atom is -0.454 e. The highest BCUT2D eigenvalue weighted by molar-refractivity contribution is 7.33. The number of furan rings is 1. The third kappa shape index (κ3) is 9.47. The van der Waals surface area contributed by atoms with Gasteiger partial charge in [-0.25, -0.2) is 0 Å². The van der Waals surface area contributed by atoms with E-state index in [4.69, 9.17) is 9.40 Å². The number of thiophene rings is 1. The molecule has 0 unspecified atom stereocenters. The number of benzene rings is 10. The van der Waals surface area contributed by atoms with Gasteiger partial charge in [-0.15, -0.1) is 11.3 Å². The summed E-state index contributed by atoms with van der Waals surface area (Å²) in [5.41, 5.74) is 18.1. The van der Waals surface area contributed by atoms with E-state index in [1.54, 1.807) is 6.07 Å². The van der Waals surface area contributed by atoms with Gasteiger partial charge in [0, 0.05) is 77.1 Å². The molecular weight excluding hydrogens is 1140 g/mol. The molecule has 0 saturated heterocycles. The summed E-state index contributed by atoms with van der Waals surface area (Å²) in [7, 11) is -3.08. The lowest BCUT2D eigenvalue weighted by molar-refractivity contribution is -0.137. The first-order valence-corrected chi connectivity index (χ1v) is 34.3.